The Hall–Kier alpha value is -0.800. The zero-order chi connectivity index (χ0) is 18.2. The number of hydrogen-bond donors (Lipinski definition) is 8. The van der Waals surface area contributed by atoms with Gasteiger partial charge in [-0.3, -0.25) is 0 Å². The molecule has 0 amide bonds. The van der Waals surface area contributed by atoms with E-state index < -0.39 is 50.5 Å². The molecule has 0 saturated carbocycles. The van der Waals surface area contributed by atoms with E-state index in [0.717, 1.165) is 0 Å². The van der Waals surface area contributed by atoms with E-state index in [1.54, 1.807) is 0 Å². The molecule has 0 unspecified atom stereocenters. The normalized spacial score (nSPS) is 11.3. The summed E-state index contributed by atoms with van der Waals surface area (Å²) in [4.78, 5) is 0. The van der Waals surface area contributed by atoms with Crippen LogP contribution in [0.3, 0.4) is 0 Å². The molecule has 0 bridgehead atoms. The van der Waals surface area contributed by atoms with Gasteiger partial charge in [0.25, 0.3) is 0 Å². The van der Waals surface area contributed by atoms with Crippen LogP contribution in [0.5, 0.6) is 0 Å². The van der Waals surface area contributed by atoms with Gasteiger partial charge < -0.3 is 45.6 Å². The van der Waals surface area contributed by atoms with E-state index >= 15 is 0 Å². The van der Waals surface area contributed by atoms with Crippen LogP contribution in [0.25, 0.3) is 0 Å². The number of aliphatic hydroxyl groups excluding tert-OH is 8. The van der Waals surface area contributed by atoms with Crippen molar-refractivity contribution in [2.45, 2.75) is 0 Å². The molecular formula is C14H28O9. The van der Waals surface area contributed by atoms with Gasteiger partial charge in [0.15, 0.2) is 0 Å². The second-order valence-electron chi connectivity index (χ2n) is 5.11. The van der Waals surface area contributed by atoms with Gasteiger partial charge in [-0.2, -0.15) is 0 Å². The zero-order valence-corrected chi connectivity index (χ0v) is 13.1. The summed E-state index contributed by atoms with van der Waals surface area (Å²) in [5, 5.41) is 70.0. The van der Waals surface area contributed by atoms with Crippen molar-refractivity contribution in [2.75, 3.05) is 66.1 Å². The predicted molar refractivity (Wildman–Crippen MR) is 80.1 cm³/mol. The van der Waals surface area contributed by atoms with Crippen LogP contribution in [0.4, 0.5) is 0 Å². The third-order valence-corrected chi connectivity index (χ3v) is 3.11. The molecular weight excluding hydrogens is 312 g/mol. The molecule has 0 fully saturated rings. The monoisotopic (exact) mass is 340 g/mol. The van der Waals surface area contributed by atoms with Gasteiger partial charge in [-0.25, -0.2) is 0 Å². The van der Waals surface area contributed by atoms with Crippen molar-refractivity contribution in [3.63, 3.8) is 0 Å². The quantitative estimate of drug-likeness (QED) is 0.184. The Kier molecular flexibility index (Phi) is 15.7. The lowest BCUT2D eigenvalue weighted by molar-refractivity contribution is -0.103. The fourth-order valence-electron chi connectivity index (χ4n) is 1.17. The zero-order valence-electron chi connectivity index (χ0n) is 13.1. The summed E-state index contributed by atoms with van der Waals surface area (Å²) in [6.45, 7) is -3.34. The van der Waals surface area contributed by atoms with Crippen molar-refractivity contribution in [1.82, 2.24) is 0 Å². The fourth-order valence-corrected chi connectivity index (χ4v) is 1.17. The molecule has 0 heterocycles. The molecule has 0 atom stereocenters. The van der Waals surface area contributed by atoms with Crippen LogP contribution in [-0.4, -0.2) is 107 Å². The van der Waals surface area contributed by atoms with Crippen molar-refractivity contribution in [2.24, 2.45) is 10.8 Å². The first-order chi connectivity index (χ1) is 11.0. The first-order valence-electron chi connectivity index (χ1n) is 6.89. The van der Waals surface area contributed by atoms with Gasteiger partial charge in [-0.05, 0) is 0 Å². The Morgan fingerprint density at radius 1 is 0.522 bits per heavy atom. The van der Waals surface area contributed by atoms with Gasteiger partial charge in [-0.1, -0.05) is 11.8 Å². The van der Waals surface area contributed by atoms with E-state index in [2.05, 4.69) is 11.8 Å². The van der Waals surface area contributed by atoms with E-state index in [-0.39, 0.29) is 26.4 Å². The van der Waals surface area contributed by atoms with Gasteiger partial charge >= 0.3 is 0 Å². The molecule has 0 radical (unpaired) electrons. The molecule has 0 spiro atoms. The minimum atomic E-state index is -1.16. The molecule has 0 saturated heterocycles. The predicted octanol–water partition coefficient (Wildman–Crippen LogP) is -4.10. The van der Waals surface area contributed by atoms with Crippen molar-refractivity contribution >= 4 is 0 Å². The van der Waals surface area contributed by atoms with E-state index in [0.29, 0.717) is 0 Å². The summed E-state index contributed by atoms with van der Waals surface area (Å²) >= 11 is 0. The lowest BCUT2D eigenvalue weighted by Crippen LogP contribution is -2.43. The molecule has 0 rings (SSSR count). The van der Waals surface area contributed by atoms with Gasteiger partial charge in [0.2, 0.25) is 0 Å². The average Bonchev–Trinajstić information content (AvgIpc) is 2.62. The summed E-state index contributed by atoms with van der Waals surface area (Å²) < 4.78 is 5.15. The van der Waals surface area contributed by atoms with Gasteiger partial charge in [-0.15, -0.1) is 0 Å². The Bertz CT molecular complexity index is 271. The molecule has 0 aliphatic carbocycles. The third-order valence-electron chi connectivity index (χ3n) is 3.11. The van der Waals surface area contributed by atoms with E-state index in [1.165, 1.54) is 0 Å². The standard InChI is InChI=1S/C10H22O7.C4H6O2/c11-1-9(2-12,3-13)7-17-8-10(4-14,5-15)6-16;5-3-1-2-4-6/h11-16H,1-8H2;5-6H,3-4H2. The van der Waals surface area contributed by atoms with Crippen LogP contribution in [0, 0.1) is 22.7 Å². The van der Waals surface area contributed by atoms with Crippen molar-refractivity contribution < 1.29 is 45.6 Å². The minimum Gasteiger partial charge on any atom is -0.396 e. The van der Waals surface area contributed by atoms with Crippen LogP contribution < -0.4 is 0 Å². The molecule has 0 aromatic rings. The molecule has 9 heteroatoms. The molecule has 0 aliphatic rings. The highest BCUT2D eigenvalue weighted by atomic mass is 16.5. The molecule has 9 nitrogen and oxygen atoms in total. The highest BCUT2D eigenvalue weighted by Crippen LogP contribution is 2.19. The first kappa shape index (κ1) is 24.5. The Morgan fingerprint density at radius 3 is 0.957 bits per heavy atom. The summed E-state index contributed by atoms with van der Waals surface area (Å²) in [7, 11) is 0. The minimum absolute atomic E-state index is 0.141. The van der Waals surface area contributed by atoms with Crippen molar-refractivity contribution in [3.05, 3.63) is 0 Å². The van der Waals surface area contributed by atoms with E-state index in [9.17, 15) is 0 Å². The fraction of sp³-hybridized carbons (Fsp3) is 0.857. The molecule has 8 N–H and O–H groups in total. The summed E-state index contributed by atoms with van der Waals surface area (Å²) in [5.41, 5.74) is -2.32. The SMILES string of the molecule is OCC#CCO.OCC(CO)(CO)COCC(CO)(CO)CO. The smallest absolute Gasteiger partial charge is 0.104 e. The maximum Gasteiger partial charge on any atom is 0.104 e. The highest BCUT2D eigenvalue weighted by Gasteiger charge is 2.32. The molecule has 23 heavy (non-hydrogen) atoms. The first-order valence-corrected chi connectivity index (χ1v) is 6.89. The number of rotatable bonds is 10. The maximum absolute atomic E-state index is 9.03. The summed E-state index contributed by atoms with van der Waals surface area (Å²) in [5.74, 6) is 4.51. The van der Waals surface area contributed by atoms with Crippen LogP contribution in [-0.2, 0) is 4.74 Å². The van der Waals surface area contributed by atoms with Crippen LogP contribution >= 0.6 is 0 Å². The van der Waals surface area contributed by atoms with Crippen LogP contribution in [0.2, 0.25) is 0 Å². The third kappa shape index (κ3) is 9.83. The van der Waals surface area contributed by atoms with E-state index in [1.807, 2.05) is 0 Å². The van der Waals surface area contributed by atoms with Gasteiger partial charge in [0, 0.05) is 0 Å². The van der Waals surface area contributed by atoms with Gasteiger partial charge in [0.1, 0.15) is 13.2 Å². The second-order valence-corrected chi connectivity index (χ2v) is 5.11. The number of ether oxygens (including phenoxy) is 1. The topological polar surface area (TPSA) is 171 Å². The maximum atomic E-state index is 9.03. The molecule has 0 aromatic carbocycles. The van der Waals surface area contributed by atoms with Crippen molar-refractivity contribution in [3.8, 4) is 11.8 Å². The summed E-state index contributed by atoms with van der Waals surface area (Å²) in [6.07, 6.45) is 0. The molecule has 0 aromatic heterocycles. The van der Waals surface area contributed by atoms with E-state index in [4.69, 9.17) is 45.6 Å². The average molecular weight is 340 g/mol. The second kappa shape index (κ2) is 14.8. The lowest BCUT2D eigenvalue weighted by atomic mass is 9.91. The molecule has 138 valence electrons. The highest BCUT2D eigenvalue weighted by molar-refractivity contribution is 4.97. The Morgan fingerprint density at radius 2 is 0.783 bits per heavy atom. The molecule has 0 aliphatic heterocycles. The largest absolute Gasteiger partial charge is 0.396 e. The lowest BCUT2D eigenvalue weighted by Gasteiger charge is -2.31. The van der Waals surface area contributed by atoms with Crippen LogP contribution in [0.1, 0.15) is 0 Å². The van der Waals surface area contributed by atoms with Crippen molar-refractivity contribution in [1.29, 1.82) is 0 Å². The number of hydrogen-bond acceptors (Lipinski definition) is 9. The van der Waals surface area contributed by atoms with Gasteiger partial charge in [0.05, 0.1) is 63.7 Å². The Balaban J connectivity index is 0. The number of aliphatic hydroxyl groups is 8. The Labute approximate surface area is 135 Å². The summed E-state index contributed by atoms with van der Waals surface area (Å²) in [6, 6.07) is 0. The van der Waals surface area contributed by atoms with Crippen LogP contribution in [0.15, 0.2) is 0 Å².